The fourth-order valence-corrected chi connectivity index (χ4v) is 3.71. The van der Waals surface area contributed by atoms with Crippen LogP contribution >= 0.6 is 0 Å². The Morgan fingerprint density at radius 3 is 2.67 bits per heavy atom. The molecule has 1 atom stereocenters. The lowest BCUT2D eigenvalue weighted by molar-refractivity contribution is -0.137. The van der Waals surface area contributed by atoms with Crippen molar-refractivity contribution in [3.8, 4) is 0 Å². The number of amides is 1. The zero-order valence-electron chi connectivity index (χ0n) is 13.9. The van der Waals surface area contributed by atoms with E-state index in [4.69, 9.17) is 4.42 Å². The summed E-state index contributed by atoms with van der Waals surface area (Å²) in [5.41, 5.74) is 2.55. The average Bonchev–Trinajstić information content (AvgIpc) is 3.25. The Morgan fingerprint density at radius 2 is 1.96 bits per heavy atom. The first-order chi connectivity index (χ1) is 11.7. The molecule has 2 aromatic rings. The third kappa shape index (κ3) is 2.94. The van der Waals surface area contributed by atoms with Gasteiger partial charge in [0.05, 0.1) is 12.6 Å². The lowest BCUT2D eigenvalue weighted by Gasteiger charge is -2.37. The maximum Gasteiger partial charge on any atom is 0.240 e. The van der Waals surface area contributed by atoms with E-state index in [0.717, 1.165) is 38.9 Å². The van der Waals surface area contributed by atoms with Gasteiger partial charge in [0.1, 0.15) is 0 Å². The summed E-state index contributed by atoms with van der Waals surface area (Å²) in [6.45, 7) is 4.80. The first kappa shape index (κ1) is 15.3. The highest BCUT2D eigenvalue weighted by Gasteiger charge is 2.35. The normalized spacial score (nSPS) is 21.0. The van der Waals surface area contributed by atoms with Crippen LogP contribution in [0.25, 0.3) is 0 Å². The number of carbonyl (C=O) groups is 1. The van der Waals surface area contributed by atoms with E-state index in [2.05, 4.69) is 33.3 Å². The van der Waals surface area contributed by atoms with E-state index >= 15 is 0 Å². The van der Waals surface area contributed by atoms with Gasteiger partial charge in [-0.15, -0.1) is 10.2 Å². The number of nitrogens with zero attached hydrogens (tertiary/aromatic N) is 4. The highest BCUT2D eigenvalue weighted by Crippen LogP contribution is 2.26. The van der Waals surface area contributed by atoms with Crippen molar-refractivity contribution >= 4 is 5.91 Å². The molecule has 0 saturated carbocycles. The summed E-state index contributed by atoms with van der Waals surface area (Å²) in [5.74, 6) is 1.37. The molecule has 0 bridgehead atoms. The summed E-state index contributed by atoms with van der Waals surface area (Å²) in [7, 11) is 0. The Kier molecular flexibility index (Phi) is 4.06. The molecule has 126 valence electrons. The molecule has 1 aromatic heterocycles. The molecule has 1 fully saturated rings. The number of aryl methyl sites for hydroxylation is 1. The summed E-state index contributed by atoms with van der Waals surface area (Å²) in [5, 5.41) is 8.01. The van der Waals surface area contributed by atoms with Gasteiger partial charge in [-0.2, -0.15) is 0 Å². The SMILES string of the molecule is Cc1nnc(CN2Cc3ccccc3C[C@H]2C(=O)N2CCCC2)o1. The van der Waals surface area contributed by atoms with Crippen molar-refractivity contribution in [1.82, 2.24) is 20.0 Å². The molecular weight excluding hydrogens is 304 g/mol. The number of carbonyl (C=O) groups excluding carboxylic acids is 1. The monoisotopic (exact) mass is 326 g/mol. The van der Waals surface area contributed by atoms with Crippen LogP contribution < -0.4 is 0 Å². The highest BCUT2D eigenvalue weighted by atomic mass is 16.4. The second-order valence-electron chi connectivity index (χ2n) is 6.64. The van der Waals surface area contributed by atoms with Gasteiger partial charge in [-0.3, -0.25) is 9.69 Å². The van der Waals surface area contributed by atoms with Crippen LogP contribution in [0.15, 0.2) is 28.7 Å². The van der Waals surface area contributed by atoms with E-state index in [0.29, 0.717) is 18.3 Å². The molecular formula is C18H22N4O2. The first-order valence-electron chi connectivity index (χ1n) is 8.59. The predicted octanol–water partition coefficient (Wildman–Crippen LogP) is 1.93. The zero-order valence-corrected chi connectivity index (χ0v) is 13.9. The lowest BCUT2D eigenvalue weighted by Crippen LogP contribution is -2.50. The highest BCUT2D eigenvalue weighted by molar-refractivity contribution is 5.82. The Morgan fingerprint density at radius 1 is 1.21 bits per heavy atom. The summed E-state index contributed by atoms with van der Waals surface area (Å²) in [4.78, 5) is 17.2. The van der Waals surface area contributed by atoms with Crippen LogP contribution in [-0.2, 0) is 24.3 Å². The number of rotatable bonds is 3. The molecule has 2 aliphatic rings. The first-order valence-corrected chi connectivity index (χ1v) is 8.59. The van der Waals surface area contributed by atoms with Gasteiger partial charge in [-0.25, -0.2) is 0 Å². The number of benzene rings is 1. The second-order valence-corrected chi connectivity index (χ2v) is 6.64. The summed E-state index contributed by atoms with van der Waals surface area (Å²) >= 11 is 0. The van der Waals surface area contributed by atoms with Crippen LogP contribution in [-0.4, -0.2) is 45.0 Å². The zero-order chi connectivity index (χ0) is 16.5. The summed E-state index contributed by atoms with van der Waals surface area (Å²) in [6, 6.07) is 8.22. The van der Waals surface area contributed by atoms with E-state index < -0.39 is 0 Å². The third-order valence-electron chi connectivity index (χ3n) is 4.95. The summed E-state index contributed by atoms with van der Waals surface area (Å²) < 4.78 is 5.54. The smallest absolute Gasteiger partial charge is 0.240 e. The van der Waals surface area contributed by atoms with Crippen molar-refractivity contribution in [1.29, 1.82) is 0 Å². The molecule has 1 amide bonds. The molecule has 0 radical (unpaired) electrons. The van der Waals surface area contributed by atoms with Gasteiger partial charge in [0.15, 0.2) is 0 Å². The molecule has 0 N–H and O–H groups in total. The Bertz CT molecular complexity index is 736. The quantitative estimate of drug-likeness (QED) is 0.862. The van der Waals surface area contributed by atoms with Crippen LogP contribution in [0.4, 0.5) is 0 Å². The van der Waals surface area contributed by atoms with Crippen molar-refractivity contribution in [3.05, 3.63) is 47.2 Å². The Balaban J connectivity index is 1.60. The maximum absolute atomic E-state index is 13.0. The van der Waals surface area contributed by atoms with Crippen molar-refractivity contribution in [2.75, 3.05) is 13.1 Å². The molecule has 6 nitrogen and oxygen atoms in total. The van der Waals surface area contributed by atoms with E-state index in [1.807, 2.05) is 11.0 Å². The fraction of sp³-hybridized carbons (Fsp3) is 0.500. The average molecular weight is 326 g/mol. The lowest BCUT2D eigenvalue weighted by atomic mass is 9.93. The molecule has 6 heteroatoms. The molecule has 0 aliphatic carbocycles. The van der Waals surface area contributed by atoms with Crippen LogP contribution in [0, 0.1) is 6.92 Å². The maximum atomic E-state index is 13.0. The van der Waals surface area contributed by atoms with E-state index in [1.54, 1.807) is 6.92 Å². The van der Waals surface area contributed by atoms with Crippen LogP contribution in [0.1, 0.15) is 35.7 Å². The van der Waals surface area contributed by atoms with Gasteiger partial charge in [-0.1, -0.05) is 24.3 Å². The largest absolute Gasteiger partial charge is 0.424 e. The molecule has 1 saturated heterocycles. The van der Waals surface area contributed by atoms with Crippen LogP contribution in [0.5, 0.6) is 0 Å². The van der Waals surface area contributed by atoms with E-state index in [-0.39, 0.29) is 11.9 Å². The van der Waals surface area contributed by atoms with Crippen LogP contribution in [0.2, 0.25) is 0 Å². The minimum atomic E-state index is -0.148. The minimum Gasteiger partial charge on any atom is -0.424 e. The van der Waals surface area contributed by atoms with Gasteiger partial charge < -0.3 is 9.32 Å². The van der Waals surface area contributed by atoms with Gasteiger partial charge in [0, 0.05) is 26.6 Å². The predicted molar refractivity (Wildman–Crippen MR) is 88.0 cm³/mol. The summed E-state index contributed by atoms with van der Waals surface area (Å²) in [6.07, 6.45) is 2.97. The van der Waals surface area contributed by atoms with Crippen molar-refractivity contribution in [2.45, 2.75) is 45.3 Å². The second kappa shape index (κ2) is 6.36. The number of likely N-dealkylation sites (tertiary alicyclic amines) is 1. The number of hydrogen-bond donors (Lipinski definition) is 0. The van der Waals surface area contributed by atoms with Crippen molar-refractivity contribution in [3.63, 3.8) is 0 Å². The Hall–Kier alpha value is -2.21. The van der Waals surface area contributed by atoms with Gasteiger partial charge in [-0.05, 0) is 30.4 Å². The Labute approximate surface area is 141 Å². The molecule has 0 spiro atoms. The fourth-order valence-electron chi connectivity index (χ4n) is 3.71. The van der Waals surface area contributed by atoms with Gasteiger partial charge in [0.2, 0.25) is 17.7 Å². The molecule has 1 aromatic carbocycles. The molecule has 24 heavy (non-hydrogen) atoms. The van der Waals surface area contributed by atoms with E-state index in [1.165, 1.54) is 11.1 Å². The number of hydrogen-bond acceptors (Lipinski definition) is 5. The molecule has 2 aliphatic heterocycles. The third-order valence-corrected chi connectivity index (χ3v) is 4.95. The standard InChI is InChI=1S/C18H22N4O2/c1-13-19-20-17(24-13)12-22-11-15-7-3-2-6-14(15)10-16(22)18(23)21-8-4-5-9-21/h2-3,6-7,16H,4-5,8-12H2,1H3/t16-/m0/s1. The number of aromatic nitrogens is 2. The van der Waals surface area contributed by atoms with Crippen molar-refractivity contribution in [2.24, 2.45) is 0 Å². The topological polar surface area (TPSA) is 62.5 Å². The van der Waals surface area contributed by atoms with Gasteiger partial charge in [0.25, 0.3) is 0 Å². The minimum absolute atomic E-state index is 0.148. The molecule has 0 unspecified atom stereocenters. The molecule has 3 heterocycles. The van der Waals surface area contributed by atoms with Crippen LogP contribution in [0.3, 0.4) is 0 Å². The van der Waals surface area contributed by atoms with Gasteiger partial charge >= 0.3 is 0 Å². The van der Waals surface area contributed by atoms with E-state index in [9.17, 15) is 4.79 Å². The number of fused-ring (bicyclic) bond motifs is 1. The van der Waals surface area contributed by atoms with Crippen molar-refractivity contribution < 1.29 is 9.21 Å². The molecule has 4 rings (SSSR count).